The molecule has 35 heavy (non-hydrogen) atoms. The van der Waals surface area contributed by atoms with Gasteiger partial charge in [0.15, 0.2) is 5.92 Å². The molecule has 1 heterocycles. The molecule has 1 aromatic heterocycles. The van der Waals surface area contributed by atoms with Gasteiger partial charge in [-0.2, -0.15) is 10.4 Å². The normalized spacial score (nSPS) is 12.2. The van der Waals surface area contributed by atoms with Gasteiger partial charge in [-0.25, -0.2) is 4.68 Å². The Morgan fingerprint density at radius 1 is 1.06 bits per heavy atom. The Labute approximate surface area is 199 Å². The van der Waals surface area contributed by atoms with Crippen LogP contribution >= 0.6 is 0 Å². The number of aromatic nitrogens is 2. The smallest absolute Gasteiger partial charge is 0.271 e. The number of para-hydroxylation sites is 1. The third-order valence-corrected chi connectivity index (χ3v) is 5.84. The fourth-order valence-corrected chi connectivity index (χ4v) is 4.23. The van der Waals surface area contributed by atoms with Gasteiger partial charge < -0.3 is 5.32 Å². The zero-order valence-electron chi connectivity index (χ0n) is 18.2. The SMILES string of the molecule is N#CC(C(=O)Nc1cccc([N+](=O)[O-])c1)C(=O)c1nn(-c2ccccc2)c2c1Cc1ccccc1-2. The van der Waals surface area contributed by atoms with E-state index >= 15 is 0 Å². The molecular formula is C26H17N5O4. The predicted octanol–water partition coefficient (Wildman–Crippen LogP) is 4.31. The molecule has 0 saturated carbocycles. The van der Waals surface area contributed by atoms with Gasteiger partial charge in [-0.1, -0.05) is 48.5 Å². The molecule has 0 spiro atoms. The summed E-state index contributed by atoms with van der Waals surface area (Å²) >= 11 is 0. The predicted molar refractivity (Wildman–Crippen MR) is 127 cm³/mol. The summed E-state index contributed by atoms with van der Waals surface area (Å²) in [7, 11) is 0. The zero-order chi connectivity index (χ0) is 24.5. The number of nitrogens with zero attached hydrogens (tertiary/aromatic N) is 4. The number of nitro groups is 1. The summed E-state index contributed by atoms with van der Waals surface area (Å²) in [6.07, 6.45) is 0.448. The van der Waals surface area contributed by atoms with Crippen molar-refractivity contribution in [2.75, 3.05) is 5.32 Å². The van der Waals surface area contributed by atoms with Crippen LogP contribution in [-0.2, 0) is 11.2 Å². The molecule has 1 unspecified atom stereocenters. The number of benzene rings is 3. The number of nitrogens with one attached hydrogen (secondary N) is 1. The molecule has 4 aromatic rings. The van der Waals surface area contributed by atoms with Crippen LogP contribution < -0.4 is 5.32 Å². The van der Waals surface area contributed by atoms with E-state index in [1.165, 1.54) is 18.2 Å². The molecule has 5 rings (SSSR count). The summed E-state index contributed by atoms with van der Waals surface area (Å²) in [5, 5.41) is 27.7. The second-order valence-electron chi connectivity index (χ2n) is 7.98. The van der Waals surface area contributed by atoms with Gasteiger partial charge >= 0.3 is 0 Å². The molecule has 9 nitrogen and oxygen atoms in total. The highest BCUT2D eigenvalue weighted by Crippen LogP contribution is 2.40. The number of non-ortho nitro benzene ring substituents is 1. The van der Waals surface area contributed by atoms with Gasteiger partial charge in [-0.3, -0.25) is 19.7 Å². The van der Waals surface area contributed by atoms with Gasteiger partial charge in [-0.05, 0) is 23.8 Å². The first-order chi connectivity index (χ1) is 17.0. The van der Waals surface area contributed by atoms with E-state index in [2.05, 4.69) is 10.4 Å². The highest BCUT2D eigenvalue weighted by molar-refractivity contribution is 6.16. The number of rotatable bonds is 6. The quantitative estimate of drug-likeness (QED) is 0.173. The van der Waals surface area contributed by atoms with Crippen LogP contribution in [0.4, 0.5) is 11.4 Å². The first-order valence-electron chi connectivity index (χ1n) is 10.7. The largest absolute Gasteiger partial charge is 0.324 e. The fraction of sp³-hybridized carbons (Fsp3) is 0.0769. The molecule has 1 N–H and O–H groups in total. The summed E-state index contributed by atoms with van der Waals surface area (Å²) in [5.74, 6) is -3.29. The minimum absolute atomic E-state index is 0.0563. The standard InChI is InChI=1S/C26H17N5O4/c27-15-22(26(33)28-17-8-6-11-19(14-17)31(34)35)25(32)23-21-13-16-7-4-5-12-20(16)24(21)30(29-23)18-9-2-1-3-10-18/h1-12,14,22H,13H2,(H,28,33). The van der Waals surface area contributed by atoms with Gasteiger partial charge in [0.05, 0.1) is 22.4 Å². The van der Waals surface area contributed by atoms with Crippen LogP contribution in [0.3, 0.4) is 0 Å². The van der Waals surface area contributed by atoms with Crippen LogP contribution in [-0.4, -0.2) is 26.4 Å². The molecule has 1 amide bonds. The molecule has 3 aromatic carbocycles. The zero-order valence-corrected chi connectivity index (χ0v) is 18.2. The van der Waals surface area contributed by atoms with Crippen LogP contribution in [0.1, 0.15) is 21.6 Å². The van der Waals surface area contributed by atoms with Crippen LogP contribution in [0.15, 0.2) is 78.9 Å². The van der Waals surface area contributed by atoms with Crippen molar-refractivity contribution in [2.24, 2.45) is 5.92 Å². The van der Waals surface area contributed by atoms with E-state index in [-0.39, 0.29) is 17.1 Å². The Bertz CT molecular complexity index is 1540. The summed E-state index contributed by atoms with van der Waals surface area (Å²) in [4.78, 5) is 36.8. The molecule has 0 saturated heterocycles. The molecular weight excluding hydrogens is 446 g/mol. The summed E-state index contributed by atoms with van der Waals surface area (Å²) < 4.78 is 1.67. The average Bonchev–Trinajstić information content (AvgIpc) is 3.42. The number of ketones is 1. The van der Waals surface area contributed by atoms with Crippen LogP contribution in [0.2, 0.25) is 0 Å². The number of carbonyl (C=O) groups is 2. The fourth-order valence-electron chi connectivity index (χ4n) is 4.23. The number of hydrogen-bond donors (Lipinski definition) is 1. The summed E-state index contributed by atoms with van der Waals surface area (Å²) in [5.41, 5.74) is 4.06. The van der Waals surface area contributed by atoms with Crippen molar-refractivity contribution in [3.8, 4) is 23.0 Å². The second-order valence-corrected chi connectivity index (χ2v) is 7.98. The molecule has 0 bridgehead atoms. The van der Waals surface area contributed by atoms with Crippen molar-refractivity contribution in [2.45, 2.75) is 6.42 Å². The third kappa shape index (κ3) is 3.83. The summed E-state index contributed by atoms with van der Waals surface area (Å²) in [6.45, 7) is 0. The molecule has 0 radical (unpaired) electrons. The highest BCUT2D eigenvalue weighted by Gasteiger charge is 2.36. The lowest BCUT2D eigenvalue weighted by Gasteiger charge is -2.09. The molecule has 1 atom stereocenters. The van der Waals surface area contributed by atoms with Crippen LogP contribution in [0.25, 0.3) is 16.9 Å². The average molecular weight is 463 g/mol. The number of nitriles is 1. The van der Waals surface area contributed by atoms with E-state index in [4.69, 9.17) is 0 Å². The maximum absolute atomic E-state index is 13.5. The number of fused-ring (bicyclic) bond motifs is 3. The van der Waals surface area contributed by atoms with Crippen molar-refractivity contribution >= 4 is 23.1 Å². The number of Topliss-reactive ketones (excluding diaryl/α,β-unsaturated/α-hetero) is 1. The van der Waals surface area contributed by atoms with Crippen LogP contribution in [0.5, 0.6) is 0 Å². The van der Waals surface area contributed by atoms with E-state index in [9.17, 15) is 25.0 Å². The van der Waals surface area contributed by atoms with E-state index in [1.807, 2.05) is 54.6 Å². The lowest BCUT2D eigenvalue weighted by atomic mass is 9.98. The highest BCUT2D eigenvalue weighted by atomic mass is 16.6. The molecule has 9 heteroatoms. The first kappa shape index (κ1) is 21.7. The van der Waals surface area contributed by atoms with Gasteiger partial charge in [0.25, 0.3) is 5.69 Å². The Morgan fingerprint density at radius 2 is 1.80 bits per heavy atom. The van der Waals surface area contributed by atoms with Crippen molar-refractivity contribution < 1.29 is 14.5 Å². The van der Waals surface area contributed by atoms with Gasteiger partial charge in [0, 0.05) is 35.4 Å². The molecule has 0 aliphatic heterocycles. The Morgan fingerprint density at radius 3 is 2.54 bits per heavy atom. The molecule has 170 valence electrons. The Hall–Kier alpha value is -5.10. The van der Waals surface area contributed by atoms with Gasteiger partial charge in [0.1, 0.15) is 5.69 Å². The number of carbonyl (C=O) groups excluding carboxylic acids is 2. The van der Waals surface area contributed by atoms with E-state index in [1.54, 1.807) is 10.8 Å². The Kier molecular flexibility index (Phi) is 5.39. The Balaban J connectivity index is 1.52. The van der Waals surface area contributed by atoms with Crippen molar-refractivity contribution in [1.82, 2.24) is 9.78 Å². The van der Waals surface area contributed by atoms with Gasteiger partial charge in [-0.15, -0.1) is 0 Å². The lowest BCUT2D eigenvalue weighted by molar-refractivity contribution is -0.384. The van der Waals surface area contributed by atoms with Gasteiger partial charge in [0.2, 0.25) is 11.7 Å². The number of hydrogen-bond acceptors (Lipinski definition) is 6. The molecule has 1 aliphatic carbocycles. The van der Waals surface area contributed by atoms with E-state index in [0.29, 0.717) is 12.0 Å². The number of anilines is 1. The summed E-state index contributed by atoms with van der Waals surface area (Å²) in [6, 6.07) is 24.1. The van der Waals surface area contributed by atoms with Crippen molar-refractivity contribution in [1.29, 1.82) is 5.26 Å². The van der Waals surface area contributed by atoms with Crippen molar-refractivity contribution in [3.63, 3.8) is 0 Å². The van der Waals surface area contributed by atoms with E-state index < -0.39 is 22.5 Å². The third-order valence-electron chi connectivity index (χ3n) is 5.84. The number of amides is 1. The molecule has 1 aliphatic rings. The monoisotopic (exact) mass is 463 g/mol. The van der Waals surface area contributed by atoms with E-state index in [0.717, 1.165) is 28.6 Å². The minimum Gasteiger partial charge on any atom is -0.324 e. The maximum Gasteiger partial charge on any atom is 0.271 e. The number of nitro benzene ring substituents is 1. The van der Waals surface area contributed by atoms with Crippen LogP contribution in [0, 0.1) is 27.4 Å². The first-order valence-corrected chi connectivity index (χ1v) is 10.7. The lowest BCUT2D eigenvalue weighted by Crippen LogP contribution is -2.29. The second kappa shape index (κ2) is 8.68. The molecule has 0 fully saturated rings. The topological polar surface area (TPSA) is 131 Å². The minimum atomic E-state index is -1.68. The van der Waals surface area contributed by atoms with Crippen molar-refractivity contribution in [3.05, 3.63) is 106 Å². The maximum atomic E-state index is 13.5.